The Hall–Kier alpha value is -5.24. The lowest BCUT2D eigenvalue weighted by molar-refractivity contribution is -0.139. The van der Waals surface area contributed by atoms with Crippen LogP contribution in [0.5, 0.6) is 11.5 Å². The lowest BCUT2D eigenvalue weighted by atomic mass is 9.55. The molecule has 2 heterocycles. The number of ether oxygens (including phenoxy) is 2. The molecule has 2 fully saturated rings. The van der Waals surface area contributed by atoms with Crippen molar-refractivity contribution < 1.29 is 28.7 Å². The first-order valence-electron chi connectivity index (χ1n) is 15.8. The minimum absolute atomic E-state index is 0.0308. The number of hydrogen-bond donors (Lipinski definition) is 0. The summed E-state index contributed by atoms with van der Waals surface area (Å²) in [5.41, 5.74) is 6.26. The van der Waals surface area contributed by atoms with Crippen LogP contribution in [-0.2, 0) is 19.2 Å². The van der Waals surface area contributed by atoms with Crippen molar-refractivity contribution in [2.45, 2.75) is 32.1 Å². The second-order valence-electron chi connectivity index (χ2n) is 12.5. The van der Waals surface area contributed by atoms with Crippen LogP contribution in [-0.4, -0.2) is 36.8 Å². The Bertz CT molecular complexity index is 1840. The van der Waals surface area contributed by atoms with Crippen molar-refractivity contribution in [2.75, 3.05) is 23.0 Å². The minimum Gasteiger partial charge on any atom is -0.492 e. The van der Waals surface area contributed by atoms with E-state index in [1.54, 1.807) is 42.2 Å². The molecule has 3 aliphatic carbocycles. The quantitative estimate of drug-likeness (QED) is 0.157. The highest BCUT2D eigenvalue weighted by atomic mass is 16.5. The number of amides is 3. The second kappa shape index (κ2) is 10.7. The zero-order valence-corrected chi connectivity index (χ0v) is 25.5. The van der Waals surface area contributed by atoms with E-state index in [1.807, 2.05) is 43.3 Å². The van der Waals surface area contributed by atoms with Gasteiger partial charge >= 0.3 is 5.97 Å². The fourth-order valence-electron chi connectivity index (χ4n) is 8.11. The van der Waals surface area contributed by atoms with Crippen molar-refractivity contribution in [1.82, 2.24) is 0 Å². The first kappa shape index (κ1) is 28.2. The molecule has 0 radical (unpaired) electrons. The van der Waals surface area contributed by atoms with E-state index in [-0.39, 0.29) is 42.5 Å². The molecule has 0 saturated carbocycles. The van der Waals surface area contributed by atoms with Crippen LogP contribution in [0, 0.1) is 24.7 Å². The van der Waals surface area contributed by atoms with Crippen LogP contribution in [0.25, 0.3) is 0 Å². The van der Waals surface area contributed by atoms with Crippen LogP contribution in [0.1, 0.15) is 53.0 Å². The van der Waals surface area contributed by atoms with Gasteiger partial charge in [-0.15, -0.1) is 0 Å². The third-order valence-electron chi connectivity index (χ3n) is 9.99. The monoisotopic (exact) mass is 612 g/mol. The number of esters is 1. The maximum atomic E-state index is 14.2. The number of carbonyl (C=O) groups is 4. The van der Waals surface area contributed by atoms with Gasteiger partial charge in [0.25, 0.3) is 0 Å². The van der Waals surface area contributed by atoms with Crippen molar-refractivity contribution in [1.29, 1.82) is 0 Å². The van der Waals surface area contributed by atoms with E-state index in [4.69, 9.17) is 9.47 Å². The maximum Gasteiger partial charge on any atom is 0.316 e. The van der Waals surface area contributed by atoms with Gasteiger partial charge in [-0.3, -0.25) is 19.2 Å². The molecule has 3 amide bonds. The number of benzene rings is 4. The maximum absolute atomic E-state index is 14.2. The molecule has 0 spiro atoms. The topological polar surface area (TPSA) is 93.2 Å². The van der Waals surface area contributed by atoms with Crippen molar-refractivity contribution in [3.05, 3.63) is 119 Å². The summed E-state index contributed by atoms with van der Waals surface area (Å²) in [5.74, 6) is -2.16. The molecule has 2 aliphatic heterocycles. The molecular weight excluding hydrogens is 580 g/mol. The molecule has 2 bridgehead atoms. The smallest absolute Gasteiger partial charge is 0.316 e. The molecule has 46 heavy (non-hydrogen) atoms. The number of hydrogen-bond acceptors (Lipinski definition) is 6. The van der Waals surface area contributed by atoms with Gasteiger partial charge in [-0.2, -0.15) is 0 Å². The third-order valence-corrected chi connectivity index (χ3v) is 9.99. The highest BCUT2D eigenvalue weighted by Gasteiger charge is 2.61. The lowest BCUT2D eigenvalue weighted by Crippen LogP contribution is -2.41. The summed E-state index contributed by atoms with van der Waals surface area (Å²) >= 11 is 0. The molecule has 0 aromatic heterocycles. The van der Waals surface area contributed by atoms with Crippen molar-refractivity contribution in [2.24, 2.45) is 17.8 Å². The third kappa shape index (κ3) is 4.12. The van der Waals surface area contributed by atoms with Crippen LogP contribution < -0.4 is 19.3 Å². The van der Waals surface area contributed by atoms with Gasteiger partial charge in [-0.1, -0.05) is 60.7 Å². The van der Waals surface area contributed by atoms with Gasteiger partial charge in [0.1, 0.15) is 11.5 Å². The van der Waals surface area contributed by atoms with E-state index in [2.05, 4.69) is 24.3 Å². The fourth-order valence-corrected chi connectivity index (χ4v) is 8.11. The van der Waals surface area contributed by atoms with E-state index < -0.39 is 23.7 Å². The Morgan fingerprint density at radius 1 is 0.761 bits per heavy atom. The molecule has 2 saturated heterocycles. The highest BCUT2D eigenvalue weighted by Crippen LogP contribution is 2.61. The Labute approximate surface area is 266 Å². The van der Waals surface area contributed by atoms with Gasteiger partial charge < -0.3 is 14.4 Å². The molecule has 4 aromatic rings. The summed E-state index contributed by atoms with van der Waals surface area (Å²) < 4.78 is 11.4. The molecule has 230 valence electrons. The van der Waals surface area contributed by atoms with E-state index in [0.29, 0.717) is 35.0 Å². The average Bonchev–Trinajstić information content (AvgIpc) is 3.58. The van der Waals surface area contributed by atoms with E-state index in [0.717, 1.165) is 22.3 Å². The fraction of sp³-hybridized carbons (Fsp3) is 0.263. The predicted molar refractivity (Wildman–Crippen MR) is 171 cm³/mol. The summed E-state index contributed by atoms with van der Waals surface area (Å²) in [7, 11) is 0. The Balaban J connectivity index is 1.03. The van der Waals surface area contributed by atoms with E-state index in [1.165, 1.54) is 4.90 Å². The molecule has 9 rings (SSSR count). The van der Waals surface area contributed by atoms with Crippen LogP contribution in [0.3, 0.4) is 0 Å². The van der Waals surface area contributed by atoms with Crippen LogP contribution in [0.15, 0.2) is 91.0 Å². The van der Waals surface area contributed by atoms with Gasteiger partial charge in [-0.05, 0) is 72.0 Å². The van der Waals surface area contributed by atoms with Crippen LogP contribution in [0.4, 0.5) is 11.4 Å². The highest BCUT2D eigenvalue weighted by molar-refractivity contribution is 6.23. The second-order valence-corrected chi connectivity index (χ2v) is 12.5. The Morgan fingerprint density at radius 3 is 1.89 bits per heavy atom. The zero-order chi connectivity index (χ0) is 31.7. The van der Waals surface area contributed by atoms with Crippen LogP contribution >= 0.6 is 0 Å². The van der Waals surface area contributed by atoms with Gasteiger partial charge in [0.2, 0.25) is 17.7 Å². The first-order chi connectivity index (χ1) is 22.4. The molecule has 4 aromatic carbocycles. The number of aryl methyl sites for hydroxylation is 1. The van der Waals surface area contributed by atoms with Crippen molar-refractivity contribution in [3.8, 4) is 11.5 Å². The SMILES string of the molecule is CCOc1ccccc1N1C[C@H](C(=O)Oc2ccc(N3C(=O)[C@@H]4C5c6ccccc6C(c6ccccc65)[C@H]4C3=O)c(C)c2)CC1=O. The molecule has 0 unspecified atom stereocenters. The van der Waals surface area contributed by atoms with Gasteiger partial charge in [0.05, 0.1) is 35.7 Å². The number of anilines is 2. The predicted octanol–water partition coefficient (Wildman–Crippen LogP) is 5.75. The summed E-state index contributed by atoms with van der Waals surface area (Å²) in [6, 6.07) is 28.6. The summed E-state index contributed by atoms with van der Waals surface area (Å²) in [4.78, 5) is 57.4. The van der Waals surface area contributed by atoms with E-state index >= 15 is 0 Å². The number of para-hydroxylation sites is 2. The first-order valence-corrected chi connectivity index (χ1v) is 15.8. The number of carbonyl (C=O) groups excluding carboxylic acids is 4. The molecule has 0 N–H and O–H groups in total. The number of nitrogens with zero attached hydrogens (tertiary/aromatic N) is 2. The minimum atomic E-state index is -0.647. The van der Waals surface area contributed by atoms with Gasteiger partial charge in [0.15, 0.2) is 0 Å². The van der Waals surface area contributed by atoms with E-state index in [9.17, 15) is 19.2 Å². The van der Waals surface area contributed by atoms with Crippen molar-refractivity contribution in [3.63, 3.8) is 0 Å². The largest absolute Gasteiger partial charge is 0.492 e. The summed E-state index contributed by atoms with van der Waals surface area (Å²) in [6.07, 6.45) is 0.0308. The summed E-state index contributed by atoms with van der Waals surface area (Å²) in [5, 5.41) is 0. The molecule has 5 aliphatic rings. The Morgan fingerprint density at radius 2 is 1.33 bits per heavy atom. The standard InChI is InChI=1S/C38H32N2O6/c1-3-45-30-15-9-8-14-29(30)39-20-22(19-31(39)41)38(44)46-23-16-17-28(21(2)18-23)40-36(42)34-32-24-10-4-5-11-25(24)33(35(34)37(40)43)27-13-7-6-12-26(27)32/h4-18,22,32-35H,3,19-20H2,1-2H3/t22-,32?,33?,34-,35-/m1/s1. The average molecular weight is 613 g/mol. The molecule has 3 atom stereocenters. The van der Waals surface area contributed by atoms with Crippen LogP contribution in [0.2, 0.25) is 0 Å². The van der Waals surface area contributed by atoms with Gasteiger partial charge in [-0.25, -0.2) is 4.90 Å². The summed E-state index contributed by atoms with van der Waals surface area (Å²) in [6.45, 7) is 4.32. The Kier molecular flexibility index (Phi) is 6.56. The molecule has 8 heteroatoms. The molecular formula is C38H32N2O6. The lowest BCUT2D eigenvalue weighted by Gasteiger charge is -2.45. The van der Waals surface area contributed by atoms with Crippen molar-refractivity contribution >= 4 is 35.1 Å². The normalized spacial score (nSPS) is 24.1. The molecule has 8 nitrogen and oxygen atoms in total. The number of imide groups is 1. The zero-order valence-electron chi connectivity index (χ0n) is 25.5. The van der Waals surface area contributed by atoms with Gasteiger partial charge in [0, 0.05) is 24.8 Å². The number of rotatable bonds is 6.